The Bertz CT molecular complexity index is 254. The lowest BCUT2D eigenvalue weighted by Gasteiger charge is -2.03. The van der Waals surface area contributed by atoms with Crippen molar-refractivity contribution in [3.63, 3.8) is 0 Å². The molecule has 0 aliphatic carbocycles. The van der Waals surface area contributed by atoms with Crippen molar-refractivity contribution in [3.8, 4) is 5.75 Å². The molecular weight excluding hydrogens is 186 g/mol. The van der Waals surface area contributed by atoms with Crippen molar-refractivity contribution in [1.29, 1.82) is 0 Å². The van der Waals surface area contributed by atoms with Crippen LogP contribution in [0.1, 0.15) is 0 Å². The minimum Gasteiger partial charge on any atom is -0.538 e. The average Bonchev–Trinajstić information content (AvgIpc) is 1.98. The van der Waals surface area contributed by atoms with Crippen LogP contribution >= 0.6 is 23.2 Å². The summed E-state index contributed by atoms with van der Waals surface area (Å²) in [7, 11) is -0.403. The molecule has 0 amide bonds. The van der Waals surface area contributed by atoms with Crippen LogP contribution < -0.4 is 4.65 Å². The van der Waals surface area contributed by atoms with E-state index in [0.717, 1.165) is 0 Å². The summed E-state index contributed by atoms with van der Waals surface area (Å²) in [6, 6.07) is 4.79. The maximum absolute atomic E-state index is 8.41. The molecule has 1 rings (SSSR count). The highest BCUT2D eigenvalue weighted by Crippen LogP contribution is 2.26. The van der Waals surface area contributed by atoms with E-state index < -0.39 is 7.69 Å². The Balaban J connectivity index is 2.93. The van der Waals surface area contributed by atoms with Gasteiger partial charge in [-0.1, -0.05) is 23.2 Å². The molecule has 1 aromatic carbocycles. The molecule has 0 radical (unpaired) electrons. The van der Waals surface area contributed by atoms with Crippen LogP contribution in [0.25, 0.3) is 0 Å². The summed E-state index contributed by atoms with van der Waals surface area (Å²) in [5, 5.41) is 9.37. The van der Waals surface area contributed by atoms with E-state index in [4.69, 9.17) is 32.9 Å². The Morgan fingerprint density at radius 2 is 2.09 bits per heavy atom. The molecule has 0 fully saturated rings. The first kappa shape index (κ1) is 8.72. The normalized spacial score (nSPS) is 9.36. The average molecular weight is 191 g/mol. The van der Waals surface area contributed by atoms with Gasteiger partial charge in [-0.05, 0) is 18.2 Å². The van der Waals surface area contributed by atoms with Crippen LogP contribution in [0.15, 0.2) is 18.2 Å². The van der Waals surface area contributed by atoms with Gasteiger partial charge in [0.05, 0.1) is 5.02 Å². The summed E-state index contributed by atoms with van der Waals surface area (Å²) < 4.78 is 4.76. The Kier molecular flexibility index (Phi) is 3.06. The number of hydrogen-bond acceptors (Lipinski definition) is 2. The van der Waals surface area contributed by atoms with E-state index in [2.05, 4.69) is 0 Å². The second-order valence-corrected chi connectivity index (χ2v) is 2.69. The van der Waals surface area contributed by atoms with Gasteiger partial charge in [-0.25, -0.2) is 0 Å². The molecule has 0 aliphatic heterocycles. The molecule has 0 aliphatic rings. The van der Waals surface area contributed by atoms with Gasteiger partial charge in [0.15, 0.2) is 0 Å². The molecule has 1 aromatic rings. The molecule has 0 aromatic heterocycles. The zero-order chi connectivity index (χ0) is 8.27. The summed E-state index contributed by atoms with van der Waals surface area (Å²) in [5.74, 6) is 0.390. The van der Waals surface area contributed by atoms with E-state index in [1.807, 2.05) is 0 Å². The molecule has 5 heteroatoms. The minimum absolute atomic E-state index is 0.390. The fourth-order valence-corrected chi connectivity index (χ4v) is 0.992. The van der Waals surface area contributed by atoms with Crippen molar-refractivity contribution in [1.82, 2.24) is 0 Å². The topological polar surface area (TPSA) is 29.5 Å². The van der Waals surface area contributed by atoms with Gasteiger partial charge < -0.3 is 9.68 Å². The van der Waals surface area contributed by atoms with Gasteiger partial charge in [0.2, 0.25) is 0 Å². The largest absolute Gasteiger partial charge is 0.538 e. The van der Waals surface area contributed by atoms with E-state index in [1.165, 1.54) is 0 Å². The molecule has 0 atom stereocenters. The van der Waals surface area contributed by atoms with Gasteiger partial charge in [-0.15, -0.1) is 0 Å². The monoisotopic (exact) mass is 190 g/mol. The maximum atomic E-state index is 8.41. The first-order chi connectivity index (χ1) is 5.24. The van der Waals surface area contributed by atoms with Crippen LogP contribution in [-0.2, 0) is 0 Å². The van der Waals surface area contributed by atoms with Crippen LogP contribution in [0, 0.1) is 0 Å². The second kappa shape index (κ2) is 3.86. The van der Waals surface area contributed by atoms with E-state index in [1.54, 1.807) is 18.2 Å². The zero-order valence-electron chi connectivity index (χ0n) is 5.55. The molecule has 2 nitrogen and oxygen atoms in total. The van der Waals surface area contributed by atoms with E-state index >= 15 is 0 Å². The van der Waals surface area contributed by atoms with E-state index in [-0.39, 0.29) is 0 Å². The van der Waals surface area contributed by atoms with Gasteiger partial charge in [0, 0.05) is 5.02 Å². The zero-order valence-corrected chi connectivity index (χ0v) is 7.06. The Morgan fingerprint density at radius 1 is 1.36 bits per heavy atom. The van der Waals surface area contributed by atoms with Crippen LogP contribution in [0.3, 0.4) is 0 Å². The molecule has 0 unspecified atom stereocenters. The predicted octanol–water partition coefficient (Wildman–Crippen LogP) is 1.63. The quantitative estimate of drug-likeness (QED) is 0.719. The van der Waals surface area contributed by atoms with Crippen molar-refractivity contribution in [2.45, 2.75) is 0 Å². The maximum Gasteiger partial charge on any atom is 0.504 e. The first-order valence-corrected chi connectivity index (χ1v) is 3.68. The minimum atomic E-state index is -0.403. The summed E-state index contributed by atoms with van der Waals surface area (Å²) >= 11 is 11.3. The number of rotatable bonds is 2. The second-order valence-electron chi connectivity index (χ2n) is 1.85. The highest BCUT2D eigenvalue weighted by Gasteiger charge is 2.00. The molecule has 0 spiro atoms. The molecule has 58 valence electrons. The molecule has 1 N–H and O–H groups in total. The number of benzene rings is 1. The molecule has 11 heavy (non-hydrogen) atoms. The van der Waals surface area contributed by atoms with Gasteiger partial charge in [0.25, 0.3) is 0 Å². The van der Waals surface area contributed by atoms with Crippen LogP contribution in [-0.4, -0.2) is 12.7 Å². The van der Waals surface area contributed by atoms with Gasteiger partial charge in [0.1, 0.15) is 5.75 Å². The van der Waals surface area contributed by atoms with Crippen molar-refractivity contribution in [2.24, 2.45) is 0 Å². The van der Waals surface area contributed by atoms with Crippen molar-refractivity contribution in [2.75, 3.05) is 0 Å². The lowest BCUT2D eigenvalue weighted by Crippen LogP contribution is -1.99. The van der Waals surface area contributed by atoms with Crippen molar-refractivity contribution >= 4 is 30.9 Å². The number of hydrogen-bond donors (Lipinski definition) is 1. The third-order valence-corrected chi connectivity index (χ3v) is 1.66. The molecular formula is C6H5BCl2O2. The predicted molar refractivity (Wildman–Crippen MR) is 46.5 cm³/mol. The first-order valence-electron chi connectivity index (χ1n) is 2.93. The third kappa shape index (κ3) is 2.29. The number of halogens is 2. The summed E-state index contributed by atoms with van der Waals surface area (Å²) in [5.41, 5.74) is 0. The van der Waals surface area contributed by atoms with Gasteiger partial charge in [-0.3, -0.25) is 0 Å². The Morgan fingerprint density at radius 3 is 2.73 bits per heavy atom. The molecule has 0 bridgehead atoms. The summed E-state index contributed by atoms with van der Waals surface area (Å²) in [4.78, 5) is 0. The Hall–Kier alpha value is -0.375. The summed E-state index contributed by atoms with van der Waals surface area (Å²) in [6.07, 6.45) is 0. The fourth-order valence-electron chi connectivity index (χ4n) is 0.657. The highest BCUT2D eigenvalue weighted by atomic mass is 35.5. The standard InChI is InChI=1S/C6H5BCl2O2/c8-4-1-2-5(9)6(3-4)11-7-10/h1-3,7,10H. The van der Waals surface area contributed by atoms with Crippen LogP contribution in [0.4, 0.5) is 0 Å². The van der Waals surface area contributed by atoms with Crippen LogP contribution in [0.2, 0.25) is 10.0 Å². The van der Waals surface area contributed by atoms with E-state index in [9.17, 15) is 0 Å². The molecule has 0 heterocycles. The van der Waals surface area contributed by atoms with Crippen molar-refractivity contribution < 1.29 is 9.68 Å². The smallest absolute Gasteiger partial charge is 0.504 e. The third-order valence-electron chi connectivity index (χ3n) is 1.11. The fraction of sp³-hybridized carbons (Fsp3) is 0. The highest BCUT2D eigenvalue weighted by molar-refractivity contribution is 6.34. The summed E-state index contributed by atoms with van der Waals surface area (Å²) in [6.45, 7) is 0. The lowest BCUT2D eigenvalue weighted by molar-refractivity contribution is 0.454. The van der Waals surface area contributed by atoms with Crippen molar-refractivity contribution in [3.05, 3.63) is 28.2 Å². The molecule has 0 saturated carbocycles. The SMILES string of the molecule is OBOc1cc(Cl)ccc1Cl. The van der Waals surface area contributed by atoms with Gasteiger partial charge in [-0.2, -0.15) is 0 Å². The molecule has 0 saturated heterocycles. The lowest BCUT2D eigenvalue weighted by atomic mass is 10.3. The van der Waals surface area contributed by atoms with Gasteiger partial charge >= 0.3 is 7.69 Å². The Labute approximate surface area is 75.0 Å². The van der Waals surface area contributed by atoms with Crippen LogP contribution in [0.5, 0.6) is 5.75 Å². The van der Waals surface area contributed by atoms with E-state index in [0.29, 0.717) is 15.8 Å².